The lowest BCUT2D eigenvalue weighted by Gasteiger charge is -2.18. The van der Waals surface area contributed by atoms with Gasteiger partial charge in [0.15, 0.2) is 6.04 Å². The number of rotatable bonds is 8. The van der Waals surface area contributed by atoms with Gasteiger partial charge in [-0.1, -0.05) is 30.3 Å². The molecule has 20 heavy (non-hydrogen) atoms. The van der Waals surface area contributed by atoms with E-state index in [2.05, 4.69) is 5.32 Å². The van der Waals surface area contributed by atoms with Gasteiger partial charge in [-0.3, -0.25) is 4.79 Å². The number of methoxy groups -OCH3 is 1. The first-order chi connectivity index (χ1) is 9.56. The van der Waals surface area contributed by atoms with Crippen molar-refractivity contribution in [2.24, 2.45) is 5.73 Å². The van der Waals surface area contributed by atoms with Crippen LogP contribution in [0.25, 0.3) is 0 Å². The van der Waals surface area contributed by atoms with Gasteiger partial charge < -0.3 is 20.9 Å². The number of carboxylic acids is 1. The summed E-state index contributed by atoms with van der Waals surface area (Å²) >= 11 is 0. The maximum Gasteiger partial charge on any atom is 0.330 e. The summed E-state index contributed by atoms with van der Waals surface area (Å²) in [6.07, 6.45) is 1.09. The molecule has 1 aromatic carbocycles. The third kappa shape index (κ3) is 4.99. The van der Waals surface area contributed by atoms with Crippen LogP contribution in [-0.2, 0) is 14.3 Å². The molecule has 6 heteroatoms. The Morgan fingerprint density at radius 1 is 1.35 bits per heavy atom. The van der Waals surface area contributed by atoms with E-state index in [1.165, 1.54) is 0 Å². The third-order valence-corrected chi connectivity index (χ3v) is 2.87. The van der Waals surface area contributed by atoms with E-state index in [1.54, 1.807) is 37.4 Å². The Kier molecular flexibility index (Phi) is 6.69. The first kappa shape index (κ1) is 16.1. The van der Waals surface area contributed by atoms with Crippen molar-refractivity contribution in [2.45, 2.75) is 24.9 Å². The maximum absolute atomic E-state index is 11.9. The van der Waals surface area contributed by atoms with E-state index in [-0.39, 0.29) is 0 Å². The molecule has 1 unspecified atom stereocenters. The second-order valence-corrected chi connectivity index (χ2v) is 4.43. The predicted molar refractivity (Wildman–Crippen MR) is 74.0 cm³/mol. The molecule has 1 rings (SSSR count). The molecule has 6 nitrogen and oxygen atoms in total. The topological polar surface area (TPSA) is 102 Å². The molecule has 0 aliphatic carbocycles. The summed E-state index contributed by atoms with van der Waals surface area (Å²) < 4.78 is 4.88. The van der Waals surface area contributed by atoms with Crippen LogP contribution in [0, 0.1) is 0 Å². The molecule has 0 saturated carbocycles. The predicted octanol–water partition coefficient (Wildman–Crippen LogP) is 0.682. The van der Waals surface area contributed by atoms with Gasteiger partial charge in [0.1, 0.15) is 0 Å². The lowest BCUT2D eigenvalue weighted by molar-refractivity contribution is -0.142. The quantitative estimate of drug-likeness (QED) is 0.608. The number of hydrogen-bond donors (Lipinski definition) is 3. The number of benzene rings is 1. The number of nitrogens with two attached hydrogens (primary N) is 1. The number of carbonyl (C=O) groups is 2. The molecular weight excluding hydrogens is 260 g/mol. The second kappa shape index (κ2) is 8.29. The van der Waals surface area contributed by atoms with Crippen molar-refractivity contribution in [1.29, 1.82) is 0 Å². The van der Waals surface area contributed by atoms with E-state index in [4.69, 9.17) is 10.5 Å². The van der Waals surface area contributed by atoms with Crippen LogP contribution in [0.15, 0.2) is 30.3 Å². The minimum Gasteiger partial charge on any atom is -0.479 e. The van der Waals surface area contributed by atoms with Gasteiger partial charge in [0.05, 0.1) is 6.04 Å². The highest BCUT2D eigenvalue weighted by Crippen LogP contribution is 2.13. The Hall–Kier alpha value is -1.92. The van der Waals surface area contributed by atoms with Crippen LogP contribution < -0.4 is 11.1 Å². The zero-order chi connectivity index (χ0) is 15.0. The Bertz CT molecular complexity index is 436. The summed E-state index contributed by atoms with van der Waals surface area (Å²) in [7, 11) is 1.57. The molecule has 110 valence electrons. The van der Waals surface area contributed by atoms with Crippen LogP contribution in [0.4, 0.5) is 0 Å². The number of aliphatic carboxylic acids is 1. The fourth-order valence-electron chi connectivity index (χ4n) is 1.76. The molecule has 0 aliphatic rings. The molecule has 0 radical (unpaired) electrons. The minimum atomic E-state index is -1.12. The first-order valence-corrected chi connectivity index (χ1v) is 6.39. The number of nitrogens with one attached hydrogen (secondary N) is 1. The average molecular weight is 280 g/mol. The van der Waals surface area contributed by atoms with E-state index in [9.17, 15) is 14.7 Å². The molecule has 0 aliphatic heterocycles. The molecule has 1 aromatic rings. The molecule has 0 fully saturated rings. The average Bonchev–Trinajstić information content (AvgIpc) is 2.45. The summed E-state index contributed by atoms with van der Waals surface area (Å²) in [5.41, 5.74) is 6.24. The van der Waals surface area contributed by atoms with Gasteiger partial charge in [0, 0.05) is 13.7 Å². The first-order valence-electron chi connectivity index (χ1n) is 6.39. The Morgan fingerprint density at radius 2 is 2.00 bits per heavy atom. The van der Waals surface area contributed by atoms with Gasteiger partial charge in [-0.15, -0.1) is 0 Å². The van der Waals surface area contributed by atoms with E-state index in [1.807, 2.05) is 0 Å². The fraction of sp³-hybridized carbons (Fsp3) is 0.429. The number of carboxylic acid groups (broad SMARTS) is 1. The lowest BCUT2D eigenvalue weighted by Crippen LogP contribution is -2.44. The van der Waals surface area contributed by atoms with E-state index < -0.39 is 24.0 Å². The molecular formula is C14H20N2O4. The summed E-state index contributed by atoms with van der Waals surface area (Å²) in [5, 5.41) is 11.7. The normalized spacial score (nSPS) is 13.5. The highest BCUT2D eigenvalue weighted by Gasteiger charge is 2.24. The zero-order valence-electron chi connectivity index (χ0n) is 11.4. The van der Waals surface area contributed by atoms with Crippen LogP contribution in [-0.4, -0.2) is 36.7 Å². The van der Waals surface area contributed by atoms with Crippen molar-refractivity contribution in [2.75, 3.05) is 13.7 Å². The van der Waals surface area contributed by atoms with E-state index >= 15 is 0 Å². The highest BCUT2D eigenvalue weighted by molar-refractivity contribution is 5.87. The van der Waals surface area contributed by atoms with Gasteiger partial charge in [-0.2, -0.15) is 0 Å². The molecule has 0 heterocycles. The lowest BCUT2D eigenvalue weighted by atomic mass is 10.1. The van der Waals surface area contributed by atoms with Gasteiger partial charge >= 0.3 is 5.97 Å². The summed E-state index contributed by atoms with van der Waals surface area (Å²) in [6.45, 7) is 0.516. The van der Waals surface area contributed by atoms with Gasteiger partial charge in [0.2, 0.25) is 5.91 Å². The van der Waals surface area contributed by atoms with Crippen molar-refractivity contribution in [3.8, 4) is 0 Å². The van der Waals surface area contributed by atoms with Crippen LogP contribution in [0.5, 0.6) is 0 Å². The molecule has 0 spiro atoms. The van der Waals surface area contributed by atoms with Gasteiger partial charge in [-0.25, -0.2) is 4.79 Å². The monoisotopic (exact) mass is 280 g/mol. The molecule has 0 bridgehead atoms. The molecule has 0 saturated heterocycles. The van der Waals surface area contributed by atoms with E-state index in [0.717, 1.165) is 0 Å². The minimum absolute atomic E-state index is 0.445. The van der Waals surface area contributed by atoms with Gasteiger partial charge in [-0.05, 0) is 18.4 Å². The maximum atomic E-state index is 11.9. The highest BCUT2D eigenvalue weighted by atomic mass is 16.5. The van der Waals surface area contributed by atoms with Crippen molar-refractivity contribution in [3.63, 3.8) is 0 Å². The molecule has 0 aromatic heterocycles. The largest absolute Gasteiger partial charge is 0.479 e. The van der Waals surface area contributed by atoms with Crippen molar-refractivity contribution >= 4 is 11.9 Å². The Labute approximate surface area is 117 Å². The Morgan fingerprint density at radius 3 is 2.55 bits per heavy atom. The number of carbonyl (C=O) groups excluding carboxylic acids is 1. The zero-order valence-corrected chi connectivity index (χ0v) is 11.4. The summed E-state index contributed by atoms with van der Waals surface area (Å²) in [4.78, 5) is 23.1. The van der Waals surface area contributed by atoms with Crippen LogP contribution >= 0.6 is 0 Å². The number of hydrogen-bond acceptors (Lipinski definition) is 4. The molecule has 4 N–H and O–H groups in total. The SMILES string of the molecule is COCCCC(N)C(=O)N[C@@H](C(=O)O)c1ccccc1. The standard InChI is InChI=1S/C14H20N2O4/c1-20-9-5-8-11(15)13(17)16-12(14(18)19)10-6-3-2-4-7-10/h2-4,6-7,11-12H,5,8-9,15H2,1H3,(H,16,17)(H,18,19)/t11?,12-/m1/s1. The third-order valence-electron chi connectivity index (χ3n) is 2.87. The number of ether oxygens (including phenoxy) is 1. The summed E-state index contributed by atoms with van der Waals surface area (Å²) in [6, 6.07) is 6.69. The van der Waals surface area contributed by atoms with Crippen LogP contribution in [0.1, 0.15) is 24.4 Å². The van der Waals surface area contributed by atoms with Crippen molar-refractivity contribution in [1.82, 2.24) is 5.32 Å². The van der Waals surface area contributed by atoms with Crippen molar-refractivity contribution in [3.05, 3.63) is 35.9 Å². The number of amides is 1. The van der Waals surface area contributed by atoms with Gasteiger partial charge in [0.25, 0.3) is 0 Å². The van der Waals surface area contributed by atoms with Crippen LogP contribution in [0.2, 0.25) is 0 Å². The second-order valence-electron chi connectivity index (χ2n) is 4.43. The summed E-state index contributed by atoms with van der Waals surface area (Å²) in [5.74, 6) is -1.59. The van der Waals surface area contributed by atoms with E-state index in [0.29, 0.717) is 25.0 Å². The molecule has 2 atom stereocenters. The smallest absolute Gasteiger partial charge is 0.330 e. The van der Waals surface area contributed by atoms with Crippen molar-refractivity contribution < 1.29 is 19.4 Å². The fourth-order valence-corrected chi connectivity index (χ4v) is 1.76. The van der Waals surface area contributed by atoms with Crippen LogP contribution in [0.3, 0.4) is 0 Å². The Balaban J connectivity index is 2.62. The molecule has 1 amide bonds.